The molecule has 3 aromatic heterocycles. The van der Waals surface area contributed by atoms with Crippen LogP contribution in [0.15, 0.2) is 40.8 Å². The van der Waals surface area contributed by atoms with Crippen LogP contribution >= 0.6 is 11.3 Å². The number of nitrogens with zero attached hydrogens (tertiary/aromatic N) is 4. The fourth-order valence-corrected chi connectivity index (χ4v) is 3.92. The molecule has 0 spiro atoms. The van der Waals surface area contributed by atoms with Gasteiger partial charge in [0.15, 0.2) is 28.6 Å². The van der Waals surface area contributed by atoms with E-state index in [1.54, 1.807) is 36.4 Å². The van der Waals surface area contributed by atoms with Crippen molar-refractivity contribution in [1.82, 2.24) is 20.0 Å². The minimum Gasteiger partial charge on any atom is -0.497 e. The van der Waals surface area contributed by atoms with E-state index in [9.17, 15) is 19.5 Å². The SMILES string of the molecule is COc1cccc(-c2oc(-c3nn(Cc4ccc(C(C)=O)s4)nc3C(N)=O)nc2C(=O)O)c1. The first-order valence-electron chi connectivity index (χ1n) is 9.50. The lowest BCUT2D eigenvalue weighted by Gasteiger charge is -2.02. The molecular weight excluding hydrogens is 450 g/mol. The van der Waals surface area contributed by atoms with Gasteiger partial charge in [-0.05, 0) is 31.2 Å². The van der Waals surface area contributed by atoms with Gasteiger partial charge >= 0.3 is 5.97 Å². The zero-order valence-electron chi connectivity index (χ0n) is 17.4. The van der Waals surface area contributed by atoms with Crippen LogP contribution in [0.25, 0.3) is 22.9 Å². The number of ether oxygens (including phenoxy) is 1. The van der Waals surface area contributed by atoms with E-state index in [0.717, 1.165) is 4.88 Å². The first kappa shape index (κ1) is 21.9. The molecule has 4 aromatic rings. The standard InChI is InChI=1S/C21H17N5O6S/c1-10(27)14-7-6-13(33-14)9-26-24-15(19(22)28)16(25-26)20-23-17(21(29)30)18(32-20)11-4-3-5-12(8-11)31-2/h3-8H,9H2,1-2H3,(H2,22,28)(H,29,30). The highest BCUT2D eigenvalue weighted by Crippen LogP contribution is 2.32. The molecule has 0 bridgehead atoms. The van der Waals surface area contributed by atoms with Crippen LogP contribution in [0.5, 0.6) is 5.75 Å². The van der Waals surface area contributed by atoms with Gasteiger partial charge in [0.25, 0.3) is 11.8 Å². The Bertz CT molecular complexity index is 1390. The number of carboxylic acid groups (broad SMARTS) is 1. The number of benzene rings is 1. The Kier molecular flexibility index (Phi) is 5.75. The molecule has 33 heavy (non-hydrogen) atoms. The van der Waals surface area contributed by atoms with Gasteiger partial charge < -0.3 is 20.0 Å². The zero-order valence-corrected chi connectivity index (χ0v) is 18.3. The molecule has 3 N–H and O–H groups in total. The predicted molar refractivity (Wildman–Crippen MR) is 116 cm³/mol. The summed E-state index contributed by atoms with van der Waals surface area (Å²) in [4.78, 5) is 41.9. The summed E-state index contributed by atoms with van der Waals surface area (Å²) in [6.45, 7) is 1.63. The second-order valence-corrected chi connectivity index (χ2v) is 8.02. The van der Waals surface area contributed by atoms with Gasteiger partial charge in [0, 0.05) is 10.4 Å². The largest absolute Gasteiger partial charge is 0.497 e. The van der Waals surface area contributed by atoms with Crippen LogP contribution in [-0.4, -0.2) is 49.9 Å². The average Bonchev–Trinajstić information content (AvgIpc) is 3.52. The number of oxazole rings is 1. The van der Waals surface area contributed by atoms with Gasteiger partial charge in [-0.15, -0.1) is 21.5 Å². The van der Waals surface area contributed by atoms with Crippen molar-refractivity contribution in [3.8, 4) is 28.7 Å². The molecule has 0 saturated carbocycles. The van der Waals surface area contributed by atoms with Crippen molar-refractivity contribution < 1.29 is 28.6 Å². The predicted octanol–water partition coefficient (Wildman–Crippen LogP) is 2.72. The van der Waals surface area contributed by atoms with Crippen molar-refractivity contribution in [1.29, 1.82) is 0 Å². The highest BCUT2D eigenvalue weighted by Gasteiger charge is 2.27. The molecule has 1 aromatic carbocycles. The quantitative estimate of drug-likeness (QED) is 0.371. The zero-order chi connectivity index (χ0) is 23.7. The maximum Gasteiger partial charge on any atom is 0.358 e. The highest BCUT2D eigenvalue weighted by molar-refractivity contribution is 7.14. The number of hydrogen-bond donors (Lipinski definition) is 2. The molecule has 0 saturated heterocycles. The smallest absolute Gasteiger partial charge is 0.358 e. The number of amides is 1. The van der Waals surface area contributed by atoms with Crippen molar-refractivity contribution in [2.75, 3.05) is 7.11 Å². The Hall–Kier alpha value is -4.32. The Morgan fingerprint density at radius 1 is 1.18 bits per heavy atom. The maximum atomic E-state index is 12.0. The normalized spacial score (nSPS) is 10.8. The number of aromatic nitrogens is 4. The second-order valence-electron chi connectivity index (χ2n) is 6.85. The Labute approximate surface area is 190 Å². The van der Waals surface area contributed by atoms with Gasteiger partial charge in [-0.25, -0.2) is 4.79 Å². The topological polar surface area (TPSA) is 163 Å². The molecule has 0 unspecified atom stereocenters. The van der Waals surface area contributed by atoms with Crippen molar-refractivity contribution in [3.63, 3.8) is 0 Å². The van der Waals surface area contributed by atoms with E-state index >= 15 is 0 Å². The van der Waals surface area contributed by atoms with Crippen LogP contribution in [0.2, 0.25) is 0 Å². The molecule has 0 atom stereocenters. The van der Waals surface area contributed by atoms with E-state index in [1.807, 2.05) is 0 Å². The van der Waals surface area contributed by atoms with Gasteiger partial charge in [0.05, 0.1) is 18.5 Å². The van der Waals surface area contributed by atoms with E-state index in [2.05, 4.69) is 15.2 Å². The summed E-state index contributed by atoms with van der Waals surface area (Å²) in [7, 11) is 1.48. The summed E-state index contributed by atoms with van der Waals surface area (Å²) in [6.07, 6.45) is 0. The monoisotopic (exact) mass is 467 g/mol. The van der Waals surface area contributed by atoms with Gasteiger partial charge in [-0.1, -0.05) is 12.1 Å². The number of carbonyl (C=O) groups is 3. The molecule has 3 heterocycles. The molecule has 0 aliphatic rings. The number of Topliss-reactive ketones (excluding diaryl/α,β-unsaturated/α-hetero) is 1. The average molecular weight is 467 g/mol. The first-order chi connectivity index (χ1) is 15.8. The summed E-state index contributed by atoms with van der Waals surface area (Å²) in [6, 6.07) is 10.0. The molecule has 0 aliphatic carbocycles. The van der Waals surface area contributed by atoms with Crippen LogP contribution in [0.1, 0.15) is 42.4 Å². The third-order valence-corrected chi connectivity index (χ3v) is 5.73. The van der Waals surface area contributed by atoms with Crippen molar-refractivity contribution in [3.05, 3.63) is 57.5 Å². The number of nitrogens with two attached hydrogens (primary N) is 1. The molecule has 11 nitrogen and oxygen atoms in total. The van der Waals surface area contributed by atoms with Crippen LogP contribution in [-0.2, 0) is 6.54 Å². The van der Waals surface area contributed by atoms with E-state index in [1.165, 1.54) is 30.2 Å². The first-order valence-corrected chi connectivity index (χ1v) is 10.3. The number of rotatable bonds is 8. The van der Waals surface area contributed by atoms with Gasteiger partial charge in [-0.2, -0.15) is 9.78 Å². The fourth-order valence-electron chi connectivity index (χ4n) is 3.05. The van der Waals surface area contributed by atoms with Crippen LogP contribution in [0, 0.1) is 0 Å². The number of carboxylic acids is 1. The Balaban J connectivity index is 1.77. The Morgan fingerprint density at radius 2 is 1.97 bits per heavy atom. The minimum absolute atomic E-state index is 0.0364. The van der Waals surface area contributed by atoms with Crippen molar-refractivity contribution in [2.45, 2.75) is 13.5 Å². The molecule has 1 amide bonds. The molecule has 0 fully saturated rings. The molecule has 0 radical (unpaired) electrons. The number of methoxy groups -OCH3 is 1. The lowest BCUT2D eigenvalue weighted by Crippen LogP contribution is -2.13. The Morgan fingerprint density at radius 3 is 2.61 bits per heavy atom. The fraction of sp³-hybridized carbons (Fsp3) is 0.143. The van der Waals surface area contributed by atoms with Crippen LogP contribution in [0.3, 0.4) is 0 Å². The third kappa shape index (κ3) is 4.36. The minimum atomic E-state index is -1.33. The van der Waals surface area contributed by atoms with E-state index in [-0.39, 0.29) is 41.1 Å². The van der Waals surface area contributed by atoms with E-state index < -0.39 is 11.9 Å². The number of thiophene rings is 1. The lowest BCUT2D eigenvalue weighted by molar-refractivity contribution is 0.0691. The summed E-state index contributed by atoms with van der Waals surface area (Å²) in [5, 5.41) is 18.0. The van der Waals surface area contributed by atoms with Gasteiger partial charge in [-0.3, -0.25) is 9.59 Å². The maximum absolute atomic E-state index is 12.0. The number of carbonyl (C=O) groups excluding carboxylic acids is 2. The summed E-state index contributed by atoms with van der Waals surface area (Å²) in [5.41, 5.74) is 5.18. The number of hydrogen-bond acceptors (Lipinski definition) is 9. The summed E-state index contributed by atoms with van der Waals surface area (Å²) < 4.78 is 10.9. The van der Waals surface area contributed by atoms with Gasteiger partial charge in [0.1, 0.15) is 5.75 Å². The summed E-state index contributed by atoms with van der Waals surface area (Å²) in [5.74, 6) is -2.04. The number of ketones is 1. The van der Waals surface area contributed by atoms with E-state index in [0.29, 0.717) is 16.2 Å². The van der Waals surface area contributed by atoms with Gasteiger partial charge in [0.2, 0.25) is 0 Å². The van der Waals surface area contributed by atoms with Crippen molar-refractivity contribution >= 4 is 29.0 Å². The number of primary amides is 1. The van der Waals surface area contributed by atoms with E-state index in [4.69, 9.17) is 14.9 Å². The molecule has 4 rings (SSSR count). The molecular formula is C21H17N5O6S. The highest BCUT2D eigenvalue weighted by atomic mass is 32.1. The molecule has 168 valence electrons. The lowest BCUT2D eigenvalue weighted by atomic mass is 10.1. The molecule has 0 aliphatic heterocycles. The van der Waals surface area contributed by atoms with Crippen LogP contribution in [0.4, 0.5) is 0 Å². The number of aromatic carboxylic acids is 1. The molecule has 12 heteroatoms. The third-order valence-electron chi connectivity index (χ3n) is 4.56. The summed E-state index contributed by atoms with van der Waals surface area (Å²) >= 11 is 1.27. The van der Waals surface area contributed by atoms with Crippen LogP contribution < -0.4 is 10.5 Å². The van der Waals surface area contributed by atoms with Crippen molar-refractivity contribution in [2.24, 2.45) is 5.73 Å². The second kappa shape index (κ2) is 8.67.